The van der Waals surface area contributed by atoms with Gasteiger partial charge in [-0.25, -0.2) is 0 Å². The first kappa shape index (κ1) is 16.4. The number of rotatable bonds is 3. The molecule has 0 amide bonds. The van der Waals surface area contributed by atoms with Crippen molar-refractivity contribution in [3.8, 4) is 11.1 Å². The SMILES string of the molecule is Cn1cc(-c2ccc(Cl)cc2)c(C(O)c2ccc(Cl)cc2Cl)c1. The molecule has 0 aliphatic heterocycles. The molecule has 3 rings (SSSR count). The van der Waals surface area contributed by atoms with Gasteiger partial charge in [0.2, 0.25) is 0 Å². The van der Waals surface area contributed by atoms with Crippen LogP contribution in [0.25, 0.3) is 11.1 Å². The Bertz CT molecular complexity index is 840. The molecule has 1 unspecified atom stereocenters. The molecule has 0 spiro atoms. The average Bonchev–Trinajstić information content (AvgIpc) is 2.89. The Hall–Kier alpha value is -1.45. The van der Waals surface area contributed by atoms with E-state index in [4.69, 9.17) is 34.8 Å². The Morgan fingerprint density at radius 3 is 2.17 bits per heavy atom. The molecule has 0 saturated heterocycles. The normalized spacial score (nSPS) is 12.4. The first-order valence-electron chi connectivity index (χ1n) is 7.00. The molecule has 5 heteroatoms. The summed E-state index contributed by atoms with van der Waals surface area (Å²) in [4.78, 5) is 0. The van der Waals surface area contributed by atoms with Crippen molar-refractivity contribution in [1.29, 1.82) is 0 Å². The van der Waals surface area contributed by atoms with Crippen molar-refractivity contribution in [2.45, 2.75) is 6.10 Å². The lowest BCUT2D eigenvalue weighted by Crippen LogP contribution is -2.01. The van der Waals surface area contributed by atoms with Crippen LogP contribution in [0.3, 0.4) is 0 Å². The second-order valence-corrected chi connectivity index (χ2v) is 6.65. The lowest BCUT2D eigenvalue weighted by molar-refractivity contribution is 0.221. The molecule has 0 aliphatic carbocycles. The van der Waals surface area contributed by atoms with Gasteiger partial charge >= 0.3 is 0 Å². The Kier molecular flexibility index (Phi) is 4.69. The fourth-order valence-corrected chi connectivity index (χ4v) is 3.22. The molecule has 0 saturated carbocycles. The van der Waals surface area contributed by atoms with Crippen molar-refractivity contribution in [2.24, 2.45) is 7.05 Å². The summed E-state index contributed by atoms with van der Waals surface area (Å²) in [5.74, 6) is 0. The minimum Gasteiger partial charge on any atom is -0.384 e. The topological polar surface area (TPSA) is 25.2 Å². The van der Waals surface area contributed by atoms with Crippen molar-refractivity contribution < 1.29 is 5.11 Å². The molecule has 2 nitrogen and oxygen atoms in total. The van der Waals surface area contributed by atoms with Gasteiger partial charge in [-0.2, -0.15) is 0 Å². The van der Waals surface area contributed by atoms with Crippen LogP contribution in [-0.4, -0.2) is 9.67 Å². The van der Waals surface area contributed by atoms with Gasteiger partial charge in [0.1, 0.15) is 6.10 Å². The van der Waals surface area contributed by atoms with Gasteiger partial charge < -0.3 is 9.67 Å². The van der Waals surface area contributed by atoms with E-state index in [1.807, 2.05) is 48.3 Å². The predicted octanol–water partition coefficient (Wildman–Crippen LogP) is 5.73. The molecule has 1 heterocycles. The molecule has 0 radical (unpaired) electrons. The van der Waals surface area contributed by atoms with E-state index in [-0.39, 0.29) is 0 Å². The molecule has 1 atom stereocenters. The van der Waals surface area contributed by atoms with Gasteiger partial charge in [-0.1, -0.05) is 53.0 Å². The highest BCUT2D eigenvalue weighted by Gasteiger charge is 2.20. The molecule has 23 heavy (non-hydrogen) atoms. The Labute approximate surface area is 149 Å². The molecule has 1 N–H and O–H groups in total. The molecular formula is C18H14Cl3NO. The summed E-state index contributed by atoms with van der Waals surface area (Å²) in [5, 5.41) is 12.5. The largest absolute Gasteiger partial charge is 0.384 e. The average molecular weight is 367 g/mol. The second-order valence-electron chi connectivity index (χ2n) is 5.37. The van der Waals surface area contributed by atoms with Crippen LogP contribution in [0.4, 0.5) is 0 Å². The van der Waals surface area contributed by atoms with Crippen molar-refractivity contribution in [1.82, 2.24) is 4.57 Å². The van der Waals surface area contributed by atoms with Gasteiger partial charge in [0.25, 0.3) is 0 Å². The smallest absolute Gasteiger partial charge is 0.108 e. The lowest BCUT2D eigenvalue weighted by Gasteiger charge is -2.14. The second kappa shape index (κ2) is 6.58. The van der Waals surface area contributed by atoms with E-state index in [0.29, 0.717) is 20.6 Å². The standard InChI is InChI=1S/C18H14Cl3NO/c1-22-9-15(11-2-4-12(19)5-3-11)16(10-22)18(23)14-7-6-13(20)8-17(14)21/h2-10,18,23H,1H3. The number of hydrogen-bond donors (Lipinski definition) is 1. The van der Waals surface area contributed by atoms with Crippen LogP contribution in [-0.2, 0) is 7.05 Å². The molecule has 3 aromatic rings. The number of nitrogens with zero attached hydrogens (tertiary/aromatic N) is 1. The Morgan fingerprint density at radius 1 is 0.870 bits per heavy atom. The van der Waals surface area contributed by atoms with E-state index >= 15 is 0 Å². The van der Waals surface area contributed by atoms with E-state index in [1.54, 1.807) is 18.2 Å². The zero-order valence-corrected chi connectivity index (χ0v) is 14.6. The molecule has 1 aromatic heterocycles. The lowest BCUT2D eigenvalue weighted by atomic mass is 9.97. The summed E-state index contributed by atoms with van der Waals surface area (Å²) in [6.07, 6.45) is 3.01. The maximum absolute atomic E-state index is 10.8. The number of hydrogen-bond acceptors (Lipinski definition) is 1. The quantitative estimate of drug-likeness (QED) is 0.629. The number of aliphatic hydroxyl groups is 1. The summed E-state index contributed by atoms with van der Waals surface area (Å²) < 4.78 is 1.91. The highest BCUT2D eigenvalue weighted by atomic mass is 35.5. The molecule has 118 valence electrons. The third-order valence-corrected chi connectivity index (χ3v) is 4.51. The third-order valence-electron chi connectivity index (χ3n) is 3.69. The third kappa shape index (κ3) is 3.41. The maximum Gasteiger partial charge on any atom is 0.108 e. The summed E-state index contributed by atoms with van der Waals surface area (Å²) >= 11 is 18.1. The molecule has 0 bridgehead atoms. The van der Waals surface area contributed by atoms with Gasteiger partial charge in [-0.3, -0.25) is 0 Å². The van der Waals surface area contributed by atoms with Crippen LogP contribution in [0, 0.1) is 0 Å². The monoisotopic (exact) mass is 365 g/mol. The molecular weight excluding hydrogens is 353 g/mol. The first-order valence-corrected chi connectivity index (χ1v) is 8.14. The van der Waals surface area contributed by atoms with Crippen molar-refractivity contribution in [2.75, 3.05) is 0 Å². The minimum atomic E-state index is -0.841. The van der Waals surface area contributed by atoms with Crippen LogP contribution >= 0.6 is 34.8 Å². The van der Waals surface area contributed by atoms with Crippen LogP contribution in [0.2, 0.25) is 15.1 Å². The fourth-order valence-electron chi connectivity index (χ4n) is 2.58. The molecule has 2 aromatic carbocycles. The van der Waals surface area contributed by atoms with Crippen molar-refractivity contribution in [3.63, 3.8) is 0 Å². The number of benzene rings is 2. The minimum absolute atomic E-state index is 0.441. The van der Waals surface area contributed by atoms with Gasteiger partial charge in [-0.05, 0) is 29.8 Å². The highest BCUT2D eigenvalue weighted by molar-refractivity contribution is 6.35. The Balaban J connectivity index is 2.07. The summed E-state index contributed by atoms with van der Waals surface area (Å²) in [5.41, 5.74) is 3.31. The van der Waals surface area contributed by atoms with Crippen LogP contribution < -0.4 is 0 Å². The summed E-state index contributed by atoms with van der Waals surface area (Å²) in [6.45, 7) is 0. The van der Waals surface area contributed by atoms with E-state index < -0.39 is 6.10 Å². The van der Waals surface area contributed by atoms with Crippen LogP contribution in [0.15, 0.2) is 54.9 Å². The van der Waals surface area contributed by atoms with E-state index in [1.165, 1.54) is 0 Å². The maximum atomic E-state index is 10.8. The van der Waals surface area contributed by atoms with E-state index in [2.05, 4.69) is 0 Å². The zero-order chi connectivity index (χ0) is 16.6. The molecule has 0 aliphatic rings. The summed E-state index contributed by atoms with van der Waals surface area (Å²) in [6, 6.07) is 12.6. The van der Waals surface area contributed by atoms with Gasteiger partial charge in [0.05, 0.1) is 0 Å². The van der Waals surface area contributed by atoms with E-state index in [9.17, 15) is 5.11 Å². The zero-order valence-electron chi connectivity index (χ0n) is 12.3. The Morgan fingerprint density at radius 2 is 1.52 bits per heavy atom. The van der Waals surface area contributed by atoms with Crippen LogP contribution in [0.5, 0.6) is 0 Å². The summed E-state index contributed by atoms with van der Waals surface area (Å²) in [7, 11) is 1.92. The fraction of sp³-hybridized carbons (Fsp3) is 0.111. The van der Waals surface area contributed by atoms with Crippen molar-refractivity contribution in [3.05, 3.63) is 81.1 Å². The number of aryl methyl sites for hydroxylation is 1. The van der Waals surface area contributed by atoms with Gasteiger partial charge in [0, 0.05) is 51.2 Å². The highest BCUT2D eigenvalue weighted by Crippen LogP contribution is 2.36. The van der Waals surface area contributed by atoms with Gasteiger partial charge in [0.15, 0.2) is 0 Å². The van der Waals surface area contributed by atoms with Crippen molar-refractivity contribution >= 4 is 34.8 Å². The van der Waals surface area contributed by atoms with Crippen LogP contribution in [0.1, 0.15) is 17.2 Å². The van der Waals surface area contributed by atoms with E-state index in [0.717, 1.165) is 16.7 Å². The van der Waals surface area contributed by atoms with Gasteiger partial charge in [-0.15, -0.1) is 0 Å². The number of aromatic nitrogens is 1. The number of halogens is 3. The molecule has 0 fully saturated rings. The number of aliphatic hydroxyl groups excluding tert-OH is 1. The predicted molar refractivity (Wildman–Crippen MR) is 96.4 cm³/mol. The first-order chi connectivity index (χ1) is 11.0.